The highest BCUT2D eigenvalue weighted by molar-refractivity contribution is 5.91. The molecule has 0 saturated carbocycles. The van der Waals surface area contributed by atoms with Gasteiger partial charge in [-0.1, -0.05) is 84.9 Å². The minimum absolute atomic E-state index is 0.121. The van der Waals surface area contributed by atoms with Gasteiger partial charge in [0, 0.05) is 32.0 Å². The average molecular weight is 534 g/mol. The molecule has 6 heteroatoms. The SMILES string of the molecule is Cc1cnc(CNCCc2ccc(CCN3CC[C@@H](C(C(N)=O)(c4ccccc4)c4ccccc4)C3)cc2)cn1. The number of nitrogens with two attached hydrogens (primary N) is 1. The summed E-state index contributed by atoms with van der Waals surface area (Å²) in [6.45, 7) is 6.36. The highest BCUT2D eigenvalue weighted by Crippen LogP contribution is 2.43. The first-order valence-electron chi connectivity index (χ1n) is 14.2. The second-order valence-corrected chi connectivity index (χ2v) is 10.8. The van der Waals surface area contributed by atoms with Crippen molar-refractivity contribution in [2.45, 2.75) is 38.1 Å². The van der Waals surface area contributed by atoms with Crippen LogP contribution in [0.25, 0.3) is 0 Å². The Labute approximate surface area is 237 Å². The molecular formula is C34H39N5O. The summed E-state index contributed by atoms with van der Waals surface area (Å²) >= 11 is 0. The van der Waals surface area contributed by atoms with E-state index in [1.807, 2.05) is 73.8 Å². The van der Waals surface area contributed by atoms with Crippen molar-refractivity contribution >= 4 is 5.91 Å². The Morgan fingerprint density at radius 2 is 1.52 bits per heavy atom. The maximum Gasteiger partial charge on any atom is 0.232 e. The molecule has 1 fully saturated rings. The number of amides is 1. The summed E-state index contributed by atoms with van der Waals surface area (Å²) < 4.78 is 0. The first-order chi connectivity index (χ1) is 19.6. The van der Waals surface area contributed by atoms with Crippen LogP contribution in [0, 0.1) is 12.8 Å². The van der Waals surface area contributed by atoms with Crippen molar-refractivity contribution in [2.24, 2.45) is 11.7 Å². The molecule has 3 N–H and O–H groups in total. The van der Waals surface area contributed by atoms with E-state index in [9.17, 15) is 4.79 Å². The summed E-state index contributed by atoms with van der Waals surface area (Å²) in [5.74, 6) is -0.149. The molecule has 1 saturated heterocycles. The zero-order chi connectivity index (χ0) is 27.8. The molecule has 0 spiro atoms. The molecule has 1 aromatic heterocycles. The number of benzene rings is 3. The maximum atomic E-state index is 13.3. The fourth-order valence-electron chi connectivity index (χ4n) is 6.03. The van der Waals surface area contributed by atoms with Crippen LogP contribution in [0.15, 0.2) is 97.3 Å². The van der Waals surface area contributed by atoms with Crippen molar-refractivity contribution < 1.29 is 4.79 Å². The number of aryl methyl sites for hydroxylation is 1. The first-order valence-corrected chi connectivity index (χ1v) is 14.2. The van der Waals surface area contributed by atoms with E-state index in [-0.39, 0.29) is 11.8 Å². The summed E-state index contributed by atoms with van der Waals surface area (Å²) in [6.07, 6.45) is 6.53. The lowest BCUT2D eigenvalue weighted by molar-refractivity contribution is -0.123. The fourth-order valence-corrected chi connectivity index (χ4v) is 6.03. The number of rotatable bonds is 12. The quantitative estimate of drug-likeness (QED) is 0.263. The monoisotopic (exact) mass is 533 g/mol. The van der Waals surface area contributed by atoms with Gasteiger partial charge in [-0.15, -0.1) is 0 Å². The number of hydrogen-bond donors (Lipinski definition) is 2. The molecule has 4 aromatic rings. The molecule has 206 valence electrons. The van der Waals surface area contributed by atoms with Crippen molar-refractivity contribution in [3.8, 4) is 0 Å². The third-order valence-corrected chi connectivity index (χ3v) is 8.20. The van der Waals surface area contributed by atoms with Crippen molar-refractivity contribution in [1.82, 2.24) is 20.2 Å². The van der Waals surface area contributed by atoms with Crippen LogP contribution in [-0.4, -0.2) is 47.0 Å². The molecular weight excluding hydrogens is 494 g/mol. The molecule has 0 bridgehead atoms. The Morgan fingerprint density at radius 1 is 0.900 bits per heavy atom. The van der Waals surface area contributed by atoms with E-state index in [0.29, 0.717) is 0 Å². The summed E-state index contributed by atoms with van der Waals surface area (Å²) in [6, 6.07) is 29.1. The number of nitrogens with one attached hydrogen (secondary N) is 1. The van der Waals surface area contributed by atoms with Gasteiger partial charge in [0.1, 0.15) is 5.41 Å². The molecule has 2 heterocycles. The Bertz CT molecular complexity index is 1320. The minimum Gasteiger partial charge on any atom is -0.369 e. The number of carbonyl (C=O) groups is 1. The topological polar surface area (TPSA) is 84.1 Å². The Hall–Kier alpha value is -3.87. The van der Waals surface area contributed by atoms with Gasteiger partial charge < -0.3 is 16.0 Å². The summed E-state index contributed by atoms with van der Waals surface area (Å²) in [5, 5.41) is 3.45. The van der Waals surface area contributed by atoms with Gasteiger partial charge in [-0.3, -0.25) is 14.8 Å². The zero-order valence-electron chi connectivity index (χ0n) is 23.3. The average Bonchev–Trinajstić information content (AvgIpc) is 3.46. The smallest absolute Gasteiger partial charge is 0.232 e. The molecule has 6 nitrogen and oxygen atoms in total. The van der Waals surface area contributed by atoms with Crippen LogP contribution in [0.5, 0.6) is 0 Å². The van der Waals surface area contributed by atoms with Crippen LogP contribution < -0.4 is 11.1 Å². The van der Waals surface area contributed by atoms with Crippen molar-refractivity contribution in [3.05, 3.63) is 131 Å². The van der Waals surface area contributed by atoms with E-state index in [1.165, 1.54) is 11.1 Å². The molecule has 1 amide bonds. The molecule has 1 aliphatic heterocycles. The minimum atomic E-state index is -0.834. The second-order valence-electron chi connectivity index (χ2n) is 10.8. The van der Waals surface area contributed by atoms with E-state index < -0.39 is 5.41 Å². The third-order valence-electron chi connectivity index (χ3n) is 8.20. The van der Waals surface area contributed by atoms with E-state index in [0.717, 1.165) is 74.5 Å². The summed E-state index contributed by atoms with van der Waals surface area (Å²) in [7, 11) is 0. The second kappa shape index (κ2) is 13.0. The van der Waals surface area contributed by atoms with Crippen LogP contribution in [0.3, 0.4) is 0 Å². The van der Waals surface area contributed by atoms with Gasteiger partial charge in [-0.05, 0) is 67.4 Å². The van der Waals surface area contributed by atoms with E-state index >= 15 is 0 Å². The van der Waals surface area contributed by atoms with Crippen LogP contribution in [0.2, 0.25) is 0 Å². The first kappa shape index (κ1) is 27.7. The molecule has 0 aliphatic carbocycles. The molecule has 40 heavy (non-hydrogen) atoms. The lowest BCUT2D eigenvalue weighted by atomic mass is 9.64. The maximum absolute atomic E-state index is 13.3. The van der Waals surface area contributed by atoms with Gasteiger partial charge in [0.05, 0.1) is 11.4 Å². The van der Waals surface area contributed by atoms with Gasteiger partial charge in [-0.2, -0.15) is 0 Å². The number of carbonyl (C=O) groups excluding carboxylic acids is 1. The van der Waals surface area contributed by atoms with Gasteiger partial charge in [0.2, 0.25) is 5.91 Å². The Kier molecular flexibility index (Phi) is 8.99. The van der Waals surface area contributed by atoms with Gasteiger partial charge in [-0.25, -0.2) is 0 Å². The zero-order valence-corrected chi connectivity index (χ0v) is 23.3. The van der Waals surface area contributed by atoms with E-state index in [2.05, 4.69) is 44.5 Å². The van der Waals surface area contributed by atoms with Crippen molar-refractivity contribution in [3.63, 3.8) is 0 Å². The van der Waals surface area contributed by atoms with Crippen molar-refractivity contribution in [1.29, 1.82) is 0 Å². The predicted molar refractivity (Wildman–Crippen MR) is 160 cm³/mol. The van der Waals surface area contributed by atoms with Crippen LogP contribution in [-0.2, 0) is 29.6 Å². The number of aromatic nitrogens is 2. The van der Waals surface area contributed by atoms with E-state index in [1.54, 1.807) is 6.20 Å². The van der Waals surface area contributed by atoms with Gasteiger partial charge >= 0.3 is 0 Å². The van der Waals surface area contributed by atoms with Crippen LogP contribution in [0.1, 0.15) is 40.1 Å². The standard InChI is InChI=1S/C34H39N5O/c1-26-22-38-32(24-37-26)23-36-19-16-27-12-14-28(15-13-27)17-20-39-21-18-31(25-39)34(33(35)40,29-8-4-2-5-9-29)30-10-6-3-7-11-30/h2-15,22,24,31,36H,16-21,23,25H2,1H3,(H2,35,40)/t31-/m1/s1. The van der Waals surface area contributed by atoms with E-state index in [4.69, 9.17) is 5.73 Å². The van der Waals surface area contributed by atoms with Gasteiger partial charge in [0.25, 0.3) is 0 Å². The number of hydrogen-bond acceptors (Lipinski definition) is 5. The summed E-state index contributed by atoms with van der Waals surface area (Å²) in [4.78, 5) is 24.5. The van der Waals surface area contributed by atoms with Crippen molar-refractivity contribution in [2.75, 3.05) is 26.2 Å². The molecule has 3 aromatic carbocycles. The summed E-state index contributed by atoms with van der Waals surface area (Å²) in [5.41, 5.74) is 11.9. The Morgan fingerprint density at radius 3 is 2.10 bits per heavy atom. The molecule has 0 radical (unpaired) electrons. The number of likely N-dealkylation sites (tertiary alicyclic amines) is 1. The molecule has 5 rings (SSSR count). The molecule has 1 atom stereocenters. The highest BCUT2D eigenvalue weighted by Gasteiger charge is 2.49. The largest absolute Gasteiger partial charge is 0.369 e. The predicted octanol–water partition coefficient (Wildman–Crippen LogP) is 4.45. The molecule has 1 aliphatic rings. The van der Waals surface area contributed by atoms with Gasteiger partial charge in [0.15, 0.2) is 0 Å². The third kappa shape index (κ3) is 6.30. The van der Waals surface area contributed by atoms with Crippen LogP contribution in [0.4, 0.5) is 0 Å². The lowest BCUT2D eigenvalue weighted by Gasteiger charge is -2.37. The van der Waals surface area contributed by atoms with Crippen LogP contribution >= 0.6 is 0 Å². The molecule has 0 unspecified atom stereocenters. The fraction of sp³-hybridized carbons (Fsp3) is 0.324. The Balaban J connectivity index is 1.16. The highest BCUT2D eigenvalue weighted by atomic mass is 16.1. The normalized spacial score (nSPS) is 15.8. The number of primary amides is 1. The lowest BCUT2D eigenvalue weighted by Crippen LogP contribution is -2.49. The number of nitrogens with zero attached hydrogens (tertiary/aromatic N) is 3.